The summed E-state index contributed by atoms with van der Waals surface area (Å²) in [4.78, 5) is 22.2. The number of fused-ring (bicyclic) bond motifs is 1. The number of terminal acetylenes is 1. The van der Waals surface area contributed by atoms with Crippen LogP contribution in [0, 0.1) is 19.3 Å². The lowest BCUT2D eigenvalue weighted by Crippen LogP contribution is -2.16. The van der Waals surface area contributed by atoms with Crippen molar-refractivity contribution in [3.05, 3.63) is 63.6 Å². The predicted octanol–water partition coefficient (Wildman–Crippen LogP) is 3.43. The quantitative estimate of drug-likeness (QED) is 0.704. The molecule has 2 aromatic heterocycles. The number of nitrogens with zero attached hydrogens (tertiary/aromatic N) is 2. The van der Waals surface area contributed by atoms with Crippen LogP contribution in [-0.2, 0) is 6.18 Å². The van der Waals surface area contributed by atoms with Crippen LogP contribution in [0.1, 0.15) is 22.7 Å². The molecule has 0 aliphatic heterocycles. The van der Waals surface area contributed by atoms with E-state index in [0.717, 1.165) is 6.07 Å². The highest BCUT2D eigenvalue weighted by Gasteiger charge is 2.33. The molecule has 0 bridgehead atoms. The lowest BCUT2D eigenvalue weighted by Gasteiger charge is -2.19. The summed E-state index contributed by atoms with van der Waals surface area (Å²) in [5.41, 5.74) is -0.450. The molecule has 8 heteroatoms. The predicted molar refractivity (Wildman–Crippen MR) is 91.5 cm³/mol. The fraction of sp³-hybridized carbons (Fsp3) is 0.167. The number of alkyl halides is 3. The molecule has 0 spiro atoms. The van der Waals surface area contributed by atoms with Crippen molar-refractivity contribution in [3.8, 4) is 12.3 Å². The molecule has 1 atom stereocenters. The van der Waals surface area contributed by atoms with E-state index in [0.29, 0.717) is 16.6 Å². The van der Waals surface area contributed by atoms with Crippen molar-refractivity contribution < 1.29 is 13.2 Å². The highest BCUT2D eigenvalue weighted by atomic mass is 19.4. The molecule has 0 radical (unpaired) electrons. The highest BCUT2D eigenvalue weighted by molar-refractivity contribution is 5.74. The van der Waals surface area contributed by atoms with E-state index in [2.05, 4.69) is 26.2 Å². The number of pyridine rings is 1. The third-order valence-electron chi connectivity index (χ3n) is 3.91. The van der Waals surface area contributed by atoms with E-state index in [1.165, 1.54) is 31.3 Å². The zero-order valence-corrected chi connectivity index (χ0v) is 13.6. The van der Waals surface area contributed by atoms with Crippen molar-refractivity contribution in [2.75, 3.05) is 5.32 Å². The van der Waals surface area contributed by atoms with Crippen LogP contribution in [0.25, 0.3) is 11.0 Å². The number of aromatic nitrogens is 3. The van der Waals surface area contributed by atoms with Gasteiger partial charge in [0.2, 0.25) is 11.5 Å². The Morgan fingerprint density at radius 2 is 2.04 bits per heavy atom. The summed E-state index contributed by atoms with van der Waals surface area (Å²) >= 11 is 0. The highest BCUT2D eigenvalue weighted by Crippen LogP contribution is 2.34. The number of benzene rings is 1. The molecule has 0 fully saturated rings. The molecular formula is C18H13F3N4O. The van der Waals surface area contributed by atoms with Gasteiger partial charge in [-0.2, -0.15) is 18.2 Å². The van der Waals surface area contributed by atoms with E-state index in [9.17, 15) is 18.0 Å². The lowest BCUT2D eigenvalue weighted by molar-refractivity contribution is -0.138. The summed E-state index contributed by atoms with van der Waals surface area (Å²) < 4.78 is 39.3. The fourth-order valence-electron chi connectivity index (χ4n) is 2.62. The second-order valence-corrected chi connectivity index (χ2v) is 5.58. The van der Waals surface area contributed by atoms with E-state index in [1.54, 1.807) is 6.07 Å². The van der Waals surface area contributed by atoms with Gasteiger partial charge in [-0.3, -0.25) is 4.79 Å². The fourth-order valence-corrected chi connectivity index (χ4v) is 2.62. The third kappa shape index (κ3) is 3.37. The van der Waals surface area contributed by atoms with Crippen molar-refractivity contribution in [1.82, 2.24) is 15.0 Å². The van der Waals surface area contributed by atoms with Crippen molar-refractivity contribution in [1.29, 1.82) is 0 Å². The summed E-state index contributed by atoms with van der Waals surface area (Å²) in [6.07, 6.45) is 2.52. The van der Waals surface area contributed by atoms with Gasteiger partial charge in [-0.15, -0.1) is 6.42 Å². The van der Waals surface area contributed by atoms with Crippen LogP contribution in [0.5, 0.6) is 0 Å². The van der Waals surface area contributed by atoms with Gasteiger partial charge in [0, 0.05) is 17.6 Å². The van der Waals surface area contributed by atoms with Gasteiger partial charge in [0.15, 0.2) is 0 Å². The van der Waals surface area contributed by atoms with Crippen LogP contribution in [0.2, 0.25) is 0 Å². The smallest absolute Gasteiger partial charge is 0.336 e. The molecule has 1 aromatic carbocycles. The first-order valence-corrected chi connectivity index (χ1v) is 7.55. The van der Waals surface area contributed by atoms with Gasteiger partial charge in [0.05, 0.1) is 5.56 Å². The molecule has 2 heterocycles. The van der Waals surface area contributed by atoms with Gasteiger partial charge < -0.3 is 10.3 Å². The Morgan fingerprint density at radius 3 is 2.73 bits per heavy atom. The zero-order valence-electron chi connectivity index (χ0n) is 13.6. The molecule has 3 aromatic rings. The first-order chi connectivity index (χ1) is 12.3. The van der Waals surface area contributed by atoms with Gasteiger partial charge >= 0.3 is 6.18 Å². The Morgan fingerprint density at radius 1 is 1.27 bits per heavy atom. The van der Waals surface area contributed by atoms with E-state index in [-0.39, 0.29) is 17.1 Å². The first kappa shape index (κ1) is 17.5. The normalized spacial score (nSPS) is 12.6. The summed E-state index contributed by atoms with van der Waals surface area (Å²) in [6.45, 7) is 1.36. The molecule has 3 rings (SSSR count). The van der Waals surface area contributed by atoms with Crippen LogP contribution in [-0.4, -0.2) is 15.0 Å². The number of nitrogens with one attached hydrogen (secondary N) is 2. The van der Waals surface area contributed by atoms with E-state index in [1.807, 2.05) is 0 Å². The van der Waals surface area contributed by atoms with Crippen LogP contribution < -0.4 is 10.9 Å². The molecular weight excluding hydrogens is 345 g/mol. The Hall–Kier alpha value is -3.34. The topological polar surface area (TPSA) is 70.7 Å². The molecule has 0 aliphatic rings. The number of hydrogen-bond donors (Lipinski definition) is 2. The molecule has 2 N–H and O–H groups in total. The van der Waals surface area contributed by atoms with Crippen LogP contribution >= 0.6 is 0 Å². The molecule has 0 amide bonds. The van der Waals surface area contributed by atoms with Crippen molar-refractivity contribution in [2.45, 2.75) is 19.1 Å². The molecule has 0 aliphatic carbocycles. The summed E-state index contributed by atoms with van der Waals surface area (Å²) in [5, 5.41) is 3.44. The maximum absolute atomic E-state index is 13.1. The Balaban J connectivity index is 1.99. The van der Waals surface area contributed by atoms with Crippen LogP contribution in [0.15, 0.2) is 41.3 Å². The average Bonchev–Trinajstić information content (AvgIpc) is 2.58. The van der Waals surface area contributed by atoms with Crippen molar-refractivity contribution in [2.24, 2.45) is 0 Å². The standard InChI is InChI=1S/C18H13F3N4O/c1-3-14(12-5-4-6-13(10(12)2)18(19,20)21)23-17-22-9-11-7-8-15(26)24-16(11)25-17/h1,4-9,14H,2H3,(H2,22,23,24,25,26)/t14-/m1/s1. The number of rotatable bonds is 3. The SMILES string of the molecule is C#C[C@@H](Nc1ncc2ccc(=O)[nH]c2n1)c1cccc(C(F)(F)F)c1C. The average molecular weight is 358 g/mol. The van der Waals surface area contributed by atoms with Crippen LogP contribution in [0.3, 0.4) is 0 Å². The number of H-pyrrole nitrogens is 1. The second kappa shape index (κ2) is 6.52. The zero-order chi connectivity index (χ0) is 18.9. The summed E-state index contributed by atoms with van der Waals surface area (Å²) in [6, 6.07) is 5.86. The molecule has 26 heavy (non-hydrogen) atoms. The summed E-state index contributed by atoms with van der Waals surface area (Å²) in [5.74, 6) is 2.51. The summed E-state index contributed by atoms with van der Waals surface area (Å²) in [7, 11) is 0. The van der Waals surface area contributed by atoms with Crippen molar-refractivity contribution >= 4 is 17.0 Å². The molecule has 0 saturated heterocycles. The monoisotopic (exact) mass is 358 g/mol. The number of hydrogen-bond acceptors (Lipinski definition) is 4. The van der Waals surface area contributed by atoms with E-state index in [4.69, 9.17) is 6.42 Å². The lowest BCUT2D eigenvalue weighted by atomic mass is 9.97. The number of halogens is 3. The van der Waals surface area contributed by atoms with E-state index < -0.39 is 17.8 Å². The van der Waals surface area contributed by atoms with E-state index >= 15 is 0 Å². The number of aromatic amines is 1. The second-order valence-electron chi connectivity index (χ2n) is 5.58. The van der Waals surface area contributed by atoms with Gasteiger partial charge in [-0.25, -0.2) is 4.98 Å². The van der Waals surface area contributed by atoms with Gasteiger partial charge in [0.25, 0.3) is 0 Å². The largest absolute Gasteiger partial charge is 0.416 e. The van der Waals surface area contributed by atoms with Gasteiger partial charge in [-0.05, 0) is 30.2 Å². The minimum absolute atomic E-state index is 0.0321. The number of anilines is 1. The minimum atomic E-state index is -4.47. The van der Waals surface area contributed by atoms with Crippen molar-refractivity contribution in [3.63, 3.8) is 0 Å². The molecule has 0 saturated carbocycles. The maximum atomic E-state index is 13.1. The van der Waals surface area contributed by atoms with Crippen LogP contribution in [0.4, 0.5) is 19.1 Å². The Bertz CT molecular complexity index is 1070. The first-order valence-electron chi connectivity index (χ1n) is 7.55. The molecule has 0 unspecified atom stereocenters. The Kier molecular flexibility index (Phi) is 4.38. The minimum Gasteiger partial charge on any atom is -0.336 e. The molecule has 5 nitrogen and oxygen atoms in total. The third-order valence-corrected chi connectivity index (χ3v) is 3.91. The molecule has 132 valence electrons. The maximum Gasteiger partial charge on any atom is 0.416 e. The van der Waals surface area contributed by atoms with Gasteiger partial charge in [0.1, 0.15) is 11.7 Å². The van der Waals surface area contributed by atoms with Gasteiger partial charge in [-0.1, -0.05) is 18.1 Å². The Labute approximate surface area is 146 Å².